The van der Waals surface area contributed by atoms with Gasteiger partial charge in [0.1, 0.15) is 5.69 Å². The minimum Gasteiger partial charge on any atom is -0.296 e. The molecule has 0 N–H and O–H groups in total. The van der Waals surface area contributed by atoms with E-state index >= 15 is 0 Å². The van der Waals surface area contributed by atoms with Gasteiger partial charge in [-0.05, 0) is 24.3 Å². The highest BCUT2D eigenvalue weighted by molar-refractivity contribution is 6.42. The number of alkyl halides is 3. The molecule has 1 heterocycles. The van der Waals surface area contributed by atoms with E-state index in [-0.39, 0.29) is 27.7 Å². The highest BCUT2D eigenvalue weighted by atomic mass is 35.5. The maximum absolute atomic E-state index is 12.5. The summed E-state index contributed by atoms with van der Waals surface area (Å²) in [6, 6.07) is 4.80. The van der Waals surface area contributed by atoms with Gasteiger partial charge in [-0.15, -0.1) is 0 Å². The molecule has 0 saturated heterocycles. The standard InChI is InChI=1S/C11H5Cl2F3N2O/c12-8-2-1-6(3-9(8)13)18-7(5-19)4-10(17-18)11(14,15)16/h1-5H. The quantitative estimate of drug-likeness (QED) is 0.786. The maximum Gasteiger partial charge on any atom is 0.435 e. The van der Waals surface area contributed by atoms with E-state index in [1.54, 1.807) is 0 Å². The van der Waals surface area contributed by atoms with Crippen molar-refractivity contribution in [3.8, 4) is 5.69 Å². The van der Waals surface area contributed by atoms with Crippen molar-refractivity contribution in [1.29, 1.82) is 0 Å². The second-order valence-electron chi connectivity index (χ2n) is 3.58. The zero-order valence-electron chi connectivity index (χ0n) is 9.08. The summed E-state index contributed by atoms with van der Waals surface area (Å²) in [7, 11) is 0. The van der Waals surface area contributed by atoms with Gasteiger partial charge in [-0.3, -0.25) is 4.79 Å². The van der Waals surface area contributed by atoms with Crippen LogP contribution in [-0.2, 0) is 6.18 Å². The molecule has 0 aliphatic rings. The molecule has 2 rings (SSSR count). The molecule has 2 aromatic rings. The first-order valence-electron chi connectivity index (χ1n) is 4.91. The van der Waals surface area contributed by atoms with Gasteiger partial charge in [-0.1, -0.05) is 23.2 Å². The third kappa shape index (κ3) is 2.74. The second kappa shape index (κ2) is 4.86. The molecular formula is C11H5Cl2F3N2O. The summed E-state index contributed by atoms with van der Waals surface area (Å²) in [5.41, 5.74) is -1.17. The summed E-state index contributed by atoms with van der Waals surface area (Å²) in [5, 5.41) is 3.76. The zero-order chi connectivity index (χ0) is 14.2. The molecule has 8 heteroatoms. The van der Waals surface area contributed by atoms with E-state index in [1.807, 2.05) is 0 Å². The van der Waals surface area contributed by atoms with E-state index in [0.29, 0.717) is 6.07 Å². The molecular weight excluding hydrogens is 304 g/mol. The van der Waals surface area contributed by atoms with Crippen LogP contribution in [0.25, 0.3) is 5.69 Å². The SMILES string of the molecule is O=Cc1cc(C(F)(F)F)nn1-c1ccc(Cl)c(Cl)c1. The second-order valence-corrected chi connectivity index (χ2v) is 4.39. The molecule has 0 aliphatic heterocycles. The molecule has 0 saturated carbocycles. The van der Waals surface area contributed by atoms with Crippen molar-refractivity contribution < 1.29 is 18.0 Å². The van der Waals surface area contributed by atoms with E-state index in [0.717, 1.165) is 4.68 Å². The molecule has 1 aromatic heterocycles. The average molecular weight is 309 g/mol. The first kappa shape index (κ1) is 13.9. The number of halogens is 5. The number of hydrogen-bond donors (Lipinski definition) is 0. The number of rotatable bonds is 2. The first-order chi connectivity index (χ1) is 8.82. The van der Waals surface area contributed by atoms with E-state index in [9.17, 15) is 18.0 Å². The van der Waals surface area contributed by atoms with Gasteiger partial charge in [-0.25, -0.2) is 4.68 Å². The Hall–Kier alpha value is -1.53. The lowest BCUT2D eigenvalue weighted by atomic mass is 10.3. The number of carbonyl (C=O) groups excluding carboxylic acids is 1. The van der Waals surface area contributed by atoms with Gasteiger partial charge < -0.3 is 0 Å². The van der Waals surface area contributed by atoms with Gasteiger partial charge >= 0.3 is 6.18 Å². The van der Waals surface area contributed by atoms with Crippen LogP contribution in [0, 0.1) is 0 Å². The maximum atomic E-state index is 12.5. The molecule has 0 bridgehead atoms. The topological polar surface area (TPSA) is 34.9 Å². The van der Waals surface area contributed by atoms with E-state index in [2.05, 4.69) is 5.10 Å². The molecule has 0 spiro atoms. The predicted molar refractivity (Wildman–Crippen MR) is 64.0 cm³/mol. The monoisotopic (exact) mass is 308 g/mol. The molecule has 0 amide bonds. The van der Waals surface area contributed by atoms with Gasteiger partial charge in [0.2, 0.25) is 0 Å². The summed E-state index contributed by atoms with van der Waals surface area (Å²) in [4.78, 5) is 10.8. The van der Waals surface area contributed by atoms with Crippen LogP contribution in [0.3, 0.4) is 0 Å². The number of nitrogens with zero attached hydrogens (tertiary/aromatic N) is 2. The van der Waals surface area contributed by atoms with Gasteiger partial charge in [0.05, 0.1) is 15.7 Å². The highest BCUT2D eigenvalue weighted by Crippen LogP contribution is 2.30. The fraction of sp³-hybridized carbons (Fsp3) is 0.0909. The molecule has 0 unspecified atom stereocenters. The zero-order valence-corrected chi connectivity index (χ0v) is 10.6. The van der Waals surface area contributed by atoms with Crippen molar-refractivity contribution in [2.75, 3.05) is 0 Å². The van der Waals surface area contributed by atoms with E-state index in [4.69, 9.17) is 23.2 Å². The largest absolute Gasteiger partial charge is 0.435 e. The van der Waals surface area contributed by atoms with Crippen molar-refractivity contribution in [1.82, 2.24) is 9.78 Å². The number of aldehydes is 1. The minimum atomic E-state index is -4.63. The summed E-state index contributed by atoms with van der Waals surface area (Å²) < 4.78 is 38.5. The molecule has 19 heavy (non-hydrogen) atoms. The molecule has 100 valence electrons. The van der Waals surface area contributed by atoms with Crippen LogP contribution in [0.2, 0.25) is 10.0 Å². The lowest BCUT2D eigenvalue weighted by Gasteiger charge is -2.05. The smallest absolute Gasteiger partial charge is 0.296 e. The molecule has 0 fully saturated rings. The number of benzene rings is 1. The van der Waals surface area contributed by atoms with Gasteiger partial charge in [0.15, 0.2) is 12.0 Å². The van der Waals surface area contributed by atoms with Crippen LogP contribution in [0.5, 0.6) is 0 Å². The fourth-order valence-electron chi connectivity index (χ4n) is 1.44. The Kier molecular flexibility index (Phi) is 3.56. The minimum absolute atomic E-state index is 0.153. The summed E-state index contributed by atoms with van der Waals surface area (Å²) in [6.45, 7) is 0. The van der Waals surface area contributed by atoms with Crippen molar-refractivity contribution in [2.24, 2.45) is 0 Å². The van der Waals surface area contributed by atoms with Crippen molar-refractivity contribution in [3.05, 3.63) is 45.7 Å². The van der Waals surface area contributed by atoms with Crippen LogP contribution in [-0.4, -0.2) is 16.1 Å². The Morgan fingerprint density at radius 2 is 1.84 bits per heavy atom. The van der Waals surface area contributed by atoms with E-state index in [1.165, 1.54) is 18.2 Å². The average Bonchev–Trinajstić information content (AvgIpc) is 2.76. The van der Waals surface area contributed by atoms with Crippen molar-refractivity contribution >= 4 is 29.5 Å². The Morgan fingerprint density at radius 1 is 1.16 bits per heavy atom. The Labute approximate surface area is 115 Å². The van der Waals surface area contributed by atoms with Gasteiger partial charge in [0, 0.05) is 0 Å². The van der Waals surface area contributed by atoms with Crippen LogP contribution >= 0.6 is 23.2 Å². The molecule has 0 aliphatic carbocycles. The van der Waals surface area contributed by atoms with Crippen LogP contribution < -0.4 is 0 Å². The lowest BCUT2D eigenvalue weighted by molar-refractivity contribution is -0.141. The highest BCUT2D eigenvalue weighted by Gasteiger charge is 2.35. The Bertz CT molecular complexity index is 637. The van der Waals surface area contributed by atoms with Crippen molar-refractivity contribution in [2.45, 2.75) is 6.18 Å². The van der Waals surface area contributed by atoms with Crippen molar-refractivity contribution in [3.63, 3.8) is 0 Å². The Balaban J connectivity index is 2.58. The number of hydrogen-bond acceptors (Lipinski definition) is 2. The third-order valence-corrected chi connectivity index (χ3v) is 3.03. The molecule has 0 atom stereocenters. The number of aromatic nitrogens is 2. The first-order valence-corrected chi connectivity index (χ1v) is 5.66. The summed E-state index contributed by atoms with van der Waals surface area (Å²) in [5.74, 6) is 0. The predicted octanol–water partition coefficient (Wildman–Crippen LogP) is 4.01. The summed E-state index contributed by atoms with van der Waals surface area (Å²) >= 11 is 11.5. The Morgan fingerprint density at radius 3 is 2.37 bits per heavy atom. The summed E-state index contributed by atoms with van der Waals surface area (Å²) in [6.07, 6.45) is -4.34. The fourth-order valence-corrected chi connectivity index (χ4v) is 1.73. The van der Waals surface area contributed by atoms with Crippen LogP contribution in [0.1, 0.15) is 16.2 Å². The van der Waals surface area contributed by atoms with E-state index < -0.39 is 11.9 Å². The normalized spacial score (nSPS) is 11.6. The molecule has 0 radical (unpaired) electrons. The third-order valence-electron chi connectivity index (χ3n) is 2.30. The van der Waals surface area contributed by atoms with Gasteiger partial charge in [-0.2, -0.15) is 18.3 Å². The van der Waals surface area contributed by atoms with Crippen LogP contribution in [0.4, 0.5) is 13.2 Å². The lowest BCUT2D eigenvalue weighted by Crippen LogP contribution is -2.07. The molecule has 3 nitrogen and oxygen atoms in total. The van der Waals surface area contributed by atoms with Gasteiger partial charge in [0.25, 0.3) is 0 Å². The number of carbonyl (C=O) groups is 1. The van der Waals surface area contributed by atoms with Crippen LogP contribution in [0.15, 0.2) is 24.3 Å². The molecule has 1 aromatic carbocycles.